The lowest BCUT2D eigenvalue weighted by atomic mass is 10.1. The van der Waals surface area contributed by atoms with E-state index in [0.29, 0.717) is 5.56 Å². The SMILES string of the molecule is O=C(CCl)c1ccc2oc([N+](=O)[O-])nc2c1. The molecule has 0 saturated heterocycles. The second-order valence-electron chi connectivity index (χ2n) is 2.99. The minimum Gasteiger partial charge on any atom is -0.381 e. The smallest absolute Gasteiger partial charge is 0.381 e. The molecule has 16 heavy (non-hydrogen) atoms. The Hall–Kier alpha value is -1.95. The monoisotopic (exact) mass is 240 g/mol. The molecule has 1 aromatic carbocycles. The Morgan fingerprint density at radius 1 is 1.56 bits per heavy atom. The molecule has 1 aromatic heterocycles. The molecule has 0 unspecified atom stereocenters. The first-order valence-corrected chi connectivity index (χ1v) is 4.79. The summed E-state index contributed by atoms with van der Waals surface area (Å²) in [5.74, 6) is -0.417. The van der Waals surface area contributed by atoms with E-state index in [1.807, 2.05) is 0 Å². The van der Waals surface area contributed by atoms with Crippen molar-refractivity contribution in [3.8, 4) is 0 Å². The van der Waals surface area contributed by atoms with Gasteiger partial charge in [-0.25, -0.2) is 0 Å². The zero-order valence-corrected chi connectivity index (χ0v) is 8.60. The van der Waals surface area contributed by atoms with Gasteiger partial charge in [-0.05, 0) is 12.1 Å². The van der Waals surface area contributed by atoms with Crippen LogP contribution in [-0.4, -0.2) is 21.6 Å². The van der Waals surface area contributed by atoms with Crippen molar-refractivity contribution in [1.29, 1.82) is 0 Å². The van der Waals surface area contributed by atoms with Gasteiger partial charge in [0.25, 0.3) is 0 Å². The highest BCUT2D eigenvalue weighted by molar-refractivity contribution is 6.30. The van der Waals surface area contributed by atoms with Gasteiger partial charge in [-0.3, -0.25) is 4.79 Å². The van der Waals surface area contributed by atoms with Gasteiger partial charge in [0.15, 0.2) is 11.4 Å². The molecule has 7 heteroatoms. The fraction of sp³-hybridized carbons (Fsp3) is 0.111. The van der Waals surface area contributed by atoms with Gasteiger partial charge in [-0.1, -0.05) is 0 Å². The van der Waals surface area contributed by atoms with Gasteiger partial charge in [0.1, 0.15) is 0 Å². The Morgan fingerprint density at radius 2 is 2.31 bits per heavy atom. The Labute approximate surface area is 94.0 Å². The molecule has 0 aliphatic heterocycles. The zero-order chi connectivity index (χ0) is 11.7. The topological polar surface area (TPSA) is 86.2 Å². The van der Waals surface area contributed by atoms with Crippen LogP contribution in [0.1, 0.15) is 10.4 Å². The van der Waals surface area contributed by atoms with Crippen molar-refractivity contribution in [2.24, 2.45) is 0 Å². The number of hydrogen-bond donors (Lipinski definition) is 0. The number of oxazole rings is 1. The number of carbonyl (C=O) groups is 1. The van der Waals surface area contributed by atoms with Crippen LogP contribution in [0.5, 0.6) is 0 Å². The van der Waals surface area contributed by atoms with Crippen LogP contribution in [-0.2, 0) is 0 Å². The molecule has 0 bridgehead atoms. The largest absolute Gasteiger partial charge is 0.546 e. The van der Waals surface area contributed by atoms with Crippen molar-refractivity contribution in [1.82, 2.24) is 4.98 Å². The second-order valence-corrected chi connectivity index (χ2v) is 3.26. The summed E-state index contributed by atoms with van der Waals surface area (Å²) in [6.07, 6.45) is 0. The summed E-state index contributed by atoms with van der Waals surface area (Å²) >= 11 is 5.39. The van der Waals surface area contributed by atoms with E-state index in [-0.39, 0.29) is 22.8 Å². The van der Waals surface area contributed by atoms with Crippen molar-refractivity contribution in [3.05, 3.63) is 33.9 Å². The van der Waals surface area contributed by atoms with E-state index in [0.717, 1.165) is 0 Å². The van der Waals surface area contributed by atoms with E-state index >= 15 is 0 Å². The van der Waals surface area contributed by atoms with Gasteiger partial charge >= 0.3 is 6.01 Å². The fourth-order valence-electron chi connectivity index (χ4n) is 1.24. The van der Waals surface area contributed by atoms with Crippen LogP contribution < -0.4 is 0 Å². The van der Waals surface area contributed by atoms with E-state index in [1.54, 1.807) is 0 Å². The third-order valence-electron chi connectivity index (χ3n) is 1.98. The maximum absolute atomic E-state index is 11.3. The zero-order valence-electron chi connectivity index (χ0n) is 7.84. The molecule has 82 valence electrons. The van der Waals surface area contributed by atoms with Crippen molar-refractivity contribution in [2.75, 3.05) is 5.88 Å². The minimum absolute atomic E-state index is 0.147. The van der Waals surface area contributed by atoms with Crippen LogP contribution in [0.3, 0.4) is 0 Å². The Morgan fingerprint density at radius 3 is 2.94 bits per heavy atom. The molecule has 0 amide bonds. The number of rotatable bonds is 3. The molecule has 6 nitrogen and oxygen atoms in total. The number of carbonyl (C=O) groups excluding carboxylic acids is 1. The van der Waals surface area contributed by atoms with Crippen LogP contribution in [0.2, 0.25) is 0 Å². The van der Waals surface area contributed by atoms with Gasteiger partial charge in [0.05, 0.1) is 5.88 Å². The summed E-state index contributed by atoms with van der Waals surface area (Å²) in [4.78, 5) is 24.6. The standard InChI is InChI=1S/C9H5ClN2O4/c10-4-7(13)5-1-2-8-6(3-5)11-9(16-8)12(14)15/h1-3H,4H2. The fourth-order valence-corrected chi connectivity index (χ4v) is 1.40. The van der Waals surface area contributed by atoms with E-state index in [4.69, 9.17) is 16.0 Å². The summed E-state index contributed by atoms with van der Waals surface area (Å²) in [6, 6.07) is 3.76. The van der Waals surface area contributed by atoms with Gasteiger partial charge in [-0.15, -0.1) is 11.6 Å². The predicted molar refractivity (Wildman–Crippen MR) is 55.7 cm³/mol. The lowest BCUT2D eigenvalue weighted by Gasteiger charge is -1.92. The normalized spacial score (nSPS) is 10.6. The molecule has 1 heterocycles. The third kappa shape index (κ3) is 1.74. The maximum atomic E-state index is 11.3. The summed E-state index contributed by atoms with van der Waals surface area (Å²) in [6.45, 7) is 0. The number of ketones is 1. The molecule has 0 aliphatic carbocycles. The Kier molecular flexibility index (Phi) is 2.57. The number of nitro groups is 1. The molecule has 0 N–H and O–H groups in total. The van der Waals surface area contributed by atoms with E-state index in [1.165, 1.54) is 18.2 Å². The first kappa shape index (κ1) is 10.6. The molecular formula is C9H5ClN2O4. The van der Waals surface area contributed by atoms with E-state index < -0.39 is 10.9 Å². The Bertz CT molecular complexity index is 578. The number of nitrogens with zero attached hydrogens (tertiary/aromatic N) is 2. The number of Topliss-reactive ketones (excluding diaryl/α,β-unsaturated/α-hetero) is 1. The van der Waals surface area contributed by atoms with Gasteiger partial charge in [0, 0.05) is 21.5 Å². The molecule has 0 spiro atoms. The van der Waals surface area contributed by atoms with Crippen molar-refractivity contribution >= 4 is 34.5 Å². The van der Waals surface area contributed by atoms with Crippen molar-refractivity contribution in [3.63, 3.8) is 0 Å². The minimum atomic E-state index is -0.733. The Balaban J connectivity index is 2.53. The summed E-state index contributed by atoms with van der Waals surface area (Å²) in [7, 11) is 0. The molecular weight excluding hydrogens is 236 g/mol. The average molecular weight is 241 g/mol. The second kappa shape index (κ2) is 3.90. The number of alkyl halides is 1. The quantitative estimate of drug-likeness (QED) is 0.355. The highest BCUT2D eigenvalue weighted by atomic mass is 35.5. The number of halogens is 1. The highest BCUT2D eigenvalue weighted by Gasteiger charge is 2.18. The van der Waals surface area contributed by atoms with Crippen LogP contribution in [0, 0.1) is 10.1 Å². The first-order chi connectivity index (χ1) is 7.61. The van der Waals surface area contributed by atoms with Crippen LogP contribution in [0.15, 0.2) is 22.6 Å². The lowest BCUT2D eigenvalue weighted by molar-refractivity contribution is -0.406. The number of hydrogen-bond acceptors (Lipinski definition) is 5. The number of benzene rings is 1. The third-order valence-corrected chi connectivity index (χ3v) is 2.22. The number of fused-ring (bicyclic) bond motifs is 1. The highest BCUT2D eigenvalue weighted by Crippen LogP contribution is 2.21. The van der Waals surface area contributed by atoms with Crippen LogP contribution in [0.25, 0.3) is 11.1 Å². The van der Waals surface area contributed by atoms with Gasteiger partial charge in [-0.2, -0.15) is 0 Å². The molecule has 0 atom stereocenters. The van der Waals surface area contributed by atoms with E-state index in [9.17, 15) is 14.9 Å². The van der Waals surface area contributed by atoms with Crippen LogP contribution in [0.4, 0.5) is 6.01 Å². The van der Waals surface area contributed by atoms with Gasteiger partial charge < -0.3 is 14.5 Å². The molecule has 2 aromatic rings. The van der Waals surface area contributed by atoms with Gasteiger partial charge in [0.2, 0.25) is 5.52 Å². The molecule has 2 rings (SSSR count). The summed E-state index contributed by atoms with van der Waals surface area (Å²) < 4.78 is 4.84. The molecule has 0 aliphatic rings. The average Bonchev–Trinajstić information content (AvgIpc) is 2.70. The van der Waals surface area contributed by atoms with Crippen LogP contribution >= 0.6 is 11.6 Å². The molecule has 0 fully saturated rings. The summed E-state index contributed by atoms with van der Waals surface area (Å²) in [5, 5.41) is 10.4. The van der Waals surface area contributed by atoms with Crippen molar-refractivity contribution in [2.45, 2.75) is 0 Å². The number of aromatic nitrogens is 1. The lowest BCUT2D eigenvalue weighted by Crippen LogP contribution is -1.99. The maximum Gasteiger partial charge on any atom is 0.546 e. The van der Waals surface area contributed by atoms with Crippen molar-refractivity contribution < 1.29 is 14.1 Å². The summed E-state index contributed by atoms with van der Waals surface area (Å²) in [5.41, 5.74) is 0.881. The first-order valence-electron chi connectivity index (χ1n) is 4.26. The molecule has 0 radical (unpaired) electrons. The molecule has 0 saturated carbocycles. The van der Waals surface area contributed by atoms with E-state index in [2.05, 4.69) is 4.98 Å². The predicted octanol–water partition coefficient (Wildman–Crippen LogP) is 2.16.